The van der Waals surface area contributed by atoms with Gasteiger partial charge in [0.1, 0.15) is 11.4 Å². The Morgan fingerprint density at radius 2 is 2.19 bits per heavy atom. The second kappa shape index (κ2) is 5.16. The first-order valence-electron chi connectivity index (χ1n) is 4.77. The van der Waals surface area contributed by atoms with Crippen LogP contribution in [0.25, 0.3) is 0 Å². The maximum absolute atomic E-state index is 10.8. The zero-order valence-corrected chi connectivity index (χ0v) is 9.48. The number of hydrogen-bond acceptors (Lipinski definition) is 4. The standard InChI is InChI=1S/C11H14N2O3/c1-8(2)7-12-10-5-4-9(16-3)6-11(10)13(14)15/h4-7,12H,1-3H3. The minimum atomic E-state index is -0.441. The Bertz CT molecular complexity index is 423. The Morgan fingerprint density at radius 1 is 1.50 bits per heavy atom. The molecule has 86 valence electrons. The molecule has 0 unspecified atom stereocenters. The summed E-state index contributed by atoms with van der Waals surface area (Å²) in [6.07, 6.45) is 1.72. The zero-order valence-electron chi connectivity index (χ0n) is 9.48. The van der Waals surface area contributed by atoms with Crippen LogP contribution in [0.3, 0.4) is 0 Å². The fraction of sp³-hybridized carbons (Fsp3) is 0.273. The van der Waals surface area contributed by atoms with Gasteiger partial charge in [-0.25, -0.2) is 0 Å². The van der Waals surface area contributed by atoms with Crippen LogP contribution in [0.5, 0.6) is 5.75 Å². The first-order valence-corrected chi connectivity index (χ1v) is 4.77. The summed E-state index contributed by atoms with van der Waals surface area (Å²) in [4.78, 5) is 10.4. The van der Waals surface area contributed by atoms with Gasteiger partial charge in [0.25, 0.3) is 5.69 Å². The molecule has 1 rings (SSSR count). The van der Waals surface area contributed by atoms with E-state index in [2.05, 4.69) is 5.32 Å². The number of nitro groups is 1. The van der Waals surface area contributed by atoms with Crippen molar-refractivity contribution in [2.24, 2.45) is 0 Å². The van der Waals surface area contributed by atoms with E-state index in [4.69, 9.17) is 4.74 Å². The number of benzene rings is 1. The van der Waals surface area contributed by atoms with E-state index in [-0.39, 0.29) is 5.69 Å². The number of allylic oxidation sites excluding steroid dienone is 1. The van der Waals surface area contributed by atoms with E-state index in [9.17, 15) is 10.1 Å². The normalized spacial score (nSPS) is 9.44. The lowest BCUT2D eigenvalue weighted by atomic mass is 10.2. The van der Waals surface area contributed by atoms with Gasteiger partial charge in [-0.05, 0) is 32.2 Å². The average Bonchev–Trinajstić information content (AvgIpc) is 2.25. The monoisotopic (exact) mass is 222 g/mol. The fourth-order valence-electron chi connectivity index (χ4n) is 1.13. The summed E-state index contributed by atoms with van der Waals surface area (Å²) in [6.45, 7) is 3.81. The number of nitro benzene ring substituents is 1. The molecule has 5 heteroatoms. The van der Waals surface area contributed by atoms with Gasteiger partial charge in [-0.2, -0.15) is 0 Å². The van der Waals surface area contributed by atoms with E-state index in [0.29, 0.717) is 11.4 Å². The maximum Gasteiger partial charge on any atom is 0.296 e. The number of nitrogens with zero attached hydrogens (tertiary/aromatic N) is 1. The summed E-state index contributed by atoms with van der Waals surface area (Å²) in [7, 11) is 1.47. The first-order chi connectivity index (χ1) is 7.54. The van der Waals surface area contributed by atoms with Gasteiger partial charge in [-0.1, -0.05) is 5.57 Å². The molecular weight excluding hydrogens is 208 g/mol. The second-order valence-corrected chi connectivity index (χ2v) is 3.51. The highest BCUT2D eigenvalue weighted by Gasteiger charge is 2.13. The van der Waals surface area contributed by atoms with Gasteiger partial charge in [0, 0.05) is 0 Å². The van der Waals surface area contributed by atoms with Crippen molar-refractivity contribution in [2.75, 3.05) is 12.4 Å². The Morgan fingerprint density at radius 3 is 2.69 bits per heavy atom. The topological polar surface area (TPSA) is 64.4 Å². The molecule has 0 spiro atoms. The van der Waals surface area contributed by atoms with Crippen molar-refractivity contribution in [3.63, 3.8) is 0 Å². The minimum absolute atomic E-state index is 0.00292. The number of rotatable bonds is 4. The van der Waals surface area contributed by atoms with E-state index in [1.165, 1.54) is 13.2 Å². The van der Waals surface area contributed by atoms with Crippen LogP contribution in [0.4, 0.5) is 11.4 Å². The predicted molar refractivity (Wildman–Crippen MR) is 62.7 cm³/mol. The lowest BCUT2D eigenvalue weighted by Crippen LogP contribution is -1.97. The third-order valence-corrected chi connectivity index (χ3v) is 1.92. The smallest absolute Gasteiger partial charge is 0.296 e. The molecule has 0 aliphatic heterocycles. The number of nitrogens with one attached hydrogen (secondary N) is 1. The van der Waals surface area contributed by atoms with Crippen molar-refractivity contribution in [1.29, 1.82) is 0 Å². The van der Waals surface area contributed by atoms with Gasteiger partial charge < -0.3 is 10.1 Å². The largest absolute Gasteiger partial charge is 0.496 e. The van der Waals surface area contributed by atoms with E-state index in [1.807, 2.05) is 13.8 Å². The van der Waals surface area contributed by atoms with E-state index >= 15 is 0 Å². The molecule has 1 aromatic rings. The molecule has 0 aromatic heterocycles. The number of methoxy groups -OCH3 is 1. The van der Waals surface area contributed by atoms with E-state index in [0.717, 1.165) is 5.57 Å². The van der Waals surface area contributed by atoms with Crippen molar-refractivity contribution >= 4 is 11.4 Å². The fourth-order valence-corrected chi connectivity index (χ4v) is 1.13. The molecule has 1 N–H and O–H groups in total. The molecule has 0 heterocycles. The van der Waals surface area contributed by atoms with Gasteiger partial charge >= 0.3 is 0 Å². The van der Waals surface area contributed by atoms with Crippen LogP contribution in [-0.4, -0.2) is 12.0 Å². The Hall–Kier alpha value is -2.04. The Labute approximate surface area is 93.9 Å². The van der Waals surface area contributed by atoms with Crippen LogP contribution in [0.15, 0.2) is 30.0 Å². The molecule has 1 aromatic carbocycles. The molecule has 16 heavy (non-hydrogen) atoms. The van der Waals surface area contributed by atoms with Crippen LogP contribution >= 0.6 is 0 Å². The van der Waals surface area contributed by atoms with Crippen molar-refractivity contribution in [3.8, 4) is 5.75 Å². The van der Waals surface area contributed by atoms with Gasteiger partial charge in [0.2, 0.25) is 0 Å². The molecule has 0 saturated heterocycles. The van der Waals surface area contributed by atoms with Crippen LogP contribution in [0.1, 0.15) is 13.8 Å². The summed E-state index contributed by atoms with van der Waals surface area (Å²) in [6, 6.07) is 4.69. The summed E-state index contributed by atoms with van der Waals surface area (Å²) in [5.41, 5.74) is 1.48. The summed E-state index contributed by atoms with van der Waals surface area (Å²) < 4.78 is 4.94. The second-order valence-electron chi connectivity index (χ2n) is 3.51. The lowest BCUT2D eigenvalue weighted by molar-refractivity contribution is -0.384. The molecule has 5 nitrogen and oxygen atoms in total. The Balaban J connectivity index is 3.08. The van der Waals surface area contributed by atoms with Crippen molar-refractivity contribution < 1.29 is 9.66 Å². The first kappa shape index (κ1) is 12.0. The van der Waals surface area contributed by atoms with Crippen LogP contribution in [0.2, 0.25) is 0 Å². The number of ether oxygens (including phenoxy) is 1. The van der Waals surface area contributed by atoms with Crippen LogP contribution in [-0.2, 0) is 0 Å². The summed E-state index contributed by atoms with van der Waals surface area (Å²) >= 11 is 0. The molecule has 0 saturated carbocycles. The van der Waals surface area contributed by atoms with Crippen molar-refractivity contribution in [3.05, 3.63) is 40.1 Å². The molecule has 0 bridgehead atoms. The van der Waals surface area contributed by atoms with Crippen molar-refractivity contribution in [1.82, 2.24) is 0 Å². The SMILES string of the molecule is COc1ccc(NC=C(C)C)c([N+](=O)[O-])c1. The highest BCUT2D eigenvalue weighted by atomic mass is 16.6. The zero-order chi connectivity index (χ0) is 12.1. The third-order valence-electron chi connectivity index (χ3n) is 1.92. The van der Waals surface area contributed by atoms with Crippen LogP contribution < -0.4 is 10.1 Å². The van der Waals surface area contributed by atoms with Crippen LogP contribution in [0, 0.1) is 10.1 Å². The van der Waals surface area contributed by atoms with Gasteiger partial charge in [-0.3, -0.25) is 10.1 Å². The summed E-state index contributed by atoms with van der Waals surface area (Å²) in [5.74, 6) is 0.467. The highest BCUT2D eigenvalue weighted by Crippen LogP contribution is 2.28. The van der Waals surface area contributed by atoms with E-state index in [1.54, 1.807) is 18.3 Å². The maximum atomic E-state index is 10.8. The number of hydrogen-bond donors (Lipinski definition) is 1. The molecule has 0 aliphatic carbocycles. The molecular formula is C11H14N2O3. The third kappa shape index (κ3) is 2.98. The molecule has 0 atom stereocenters. The molecule has 0 aliphatic rings. The van der Waals surface area contributed by atoms with Gasteiger partial charge in [0.15, 0.2) is 0 Å². The van der Waals surface area contributed by atoms with Gasteiger partial charge in [-0.15, -0.1) is 0 Å². The lowest BCUT2D eigenvalue weighted by Gasteiger charge is -2.05. The average molecular weight is 222 g/mol. The Kier molecular flexibility index (Phi) is 3.88. The molecule has 0 radical (unpaired) electrons. The molecule has 0 fully saturated rings. The predicted octanol–water partition coefficient (Wildman–Crippen LogP) is 2.94. The van der Waals surface area contributed by atoms with Crippen molar-refractivity contribution in [2.45, 2.75) is 13.8 Å². The van der Waals surface area contributed by atoms with Gasteiger partial charge in [0.05, 0.1) is 18.1 Å². The quantitative estimate of drug-likeness (QED) is 0.628. The van der Waals surface area contributed by atoms with E-state index < -0.39 is 4.92 Å². The minimum Gasteiger partial charge on any atom is -0.496 e. The highest BCUT2D eigenvalue weighted by molar-refractivity contribution is 5.65. The summed E-state index contributed by atoms with van der Waals surface area (Å²) in [5, 5.41) is 13.7. The molecule has 0 amide bonds. The number of anilines is 1.